The maximum Gasteiger partial charge on any atom is 0.331 e. The number of hydrogen-bond acceptors (Lipinski definition) is 5. The zero-order valence-electron chi connectivity index (χ0n) is 13.3. The Hall–Kier alpha value is -3.68. The van der Waals surface area contributed by atoms with Crippen molar-refractivity contribution in [2.24, 2.45) is 0 Å². The first kappa shape index (κ1) is 17.2. The summed E-state index contributed by atoms with van der Waals surface area (Å²) in [7, 11) is 0. The lowest BCUT2D eigenvalue weighted by atomic mass is 10.1. The molecule has 2 aromatic carbocycles. The molecule has 1 saturated heterocycles. The first-order valence-corrected chi connectivity index (χ1v) is 7.50. The van der Waals surface area contributed by atoms with E-state index >= 15 is 0 Å². The van der Waals surface area contributed by atoms with Gasteiger partial charge in [-0.05, 0) is 41.5 Å². The van der Waals surface area contributed by atoms with Crippen LogP contribution in [0.3, 0.4) is 0 Å². The van der Waals surface area contributed by atoms with E-state index in [1.54, 1.807) is 0 Å². The lowest BCUT2D eigenvalue weighted by Crippen LogP contribution is -2.53. The summed E-state index contributed by atoms with van der Waals surface area (Å²) in [6.07, 6.45) is 1.20. The van der Waals surface area contributed by atoms with Crippen LogP contribution in [0.15, 0.2) is 48.0 Å². The number of urea groups is 1. The summed E-state index contributed by atoms with van der Waals surface area (Å²) in [5.41, 5.74) is 0.484. The average Bonchev–Trinajstić information content (AvgIpc) is 2.60. The molecule has 8 heteroatoms. The van der Waals surface area contributed by atoms with E-state index in [4.69, 9.17) is 0 Å². The van der Waals surface area contributed by atoms with Crippen molar-refractivity contribution < 1.29 is 29.0 Å². The summed E-state index contributed by atoms with van der Waals surface area (Å²) in [5, 5.41) is 20.9. The predicted molar refractivity (Wildman–Crippen MR) is 88.2 cm³/mol. The van der Waals surface area contributed by atoms with Crippen LogP contribution in [0, 0.1) is 5.82 Å². The van der Waals surface area contributed by atoms with Gasteiger partial charge in [0.2, 0.25) is 0 Å². The molecule has 4 amide bonds. The fraction of sp³-hybridized carbons (Fsp3) is 0.0556. The number of benzene rings is 2. The lowest BCUT2D eigenvalue weighted by molar-refractivity contribution is -0.130. The number of carbonyl (C=O) groups excluding carboxylic acids is 3. The average molecular weight is 356 g/mol. The van der Waals surface area contributed by atoms with Gasteiger partial charge in [0, 0.05) is 0 Å². The van der Waals surface area contributed by atoms with Crippen molar-refractivity contribution in [3.63, 3.8) is 0 Å². The summed E-state index contributed by atoms with van der Waals surface area (Å²) >= 11 is 0. The number of nitrogens with zero attached hydrogens (tertiary/aromatic N) is 1. The zero-order valence-corrected chi connectivity index (χ0v) is 13.3. The molecule has 1 aliphatic rings. The van der Waals surface area contributed by atoms with Crippen LogP contribution in [0.4, 0.5) is 9.18 Å². The van der Waals surface area contributed by atoms with Gasteiger partial charge < -0.3 is 10.2 Å². The normalized spacial score (nSPS) is 16.1. The highest BCUT2D eigenvalue weighted by atomic mass is 19.1. The molecule has 1 fully saturated rings. The molecular formula is C18H13FN2O5. The second kappa shape index (κ2) is 6.67. The lowest BCUT2D eigenvalue weighted by Gasteiger charge is -2.26. The molecule has 0 unspecified atom stereocenters. The van der Waals surface area contributed by atoms with Crippen LogP contribution in [-0.2, 0) is 16.1 Å². The van der Waals surface area contributed by atoms with Crippen LogP contribution < -0.4 is 5.32 Å². The molecule has 0 aliphatic carbocycles. The number of barbiturate groups is 1. The van der Waals surface area contributed by atoms with Gasteiger partial charge in [0.15, 0.2) is 11.5 Å². The van der Waals surface area contributed by atoms with Crippen LogP contribution in [-0.4, -0.2) is 33.0 Å². The van der Waals surface area contributed by atoms with E-state index in [9.17, 15) is 29.0 Å². The molecule has 0 bridgehead atoms. The molecule has 0 saturated carbocycles. The number of phenols is 2. The van der Waals surface area contributed by atoms with E-state index in [2.05, 4.69) is 5.32 Å². The molecule has 0 spiro atoms. The van der Waals surface area contributed by atoms with Gasteiger partial charge in [-0.3, -0.25) is 19.8 Å². The van der Waals surface area contributed by atoms with Gasteiger partial charge in [0.25, 0.3) is 11.8 Å². The van der Waals surface area contributed by atoms with E-state index in [1.165, 1.54) is 48.5 Å². The minimum absolute atomic E-state index is 0.142. The fourth-order valence-electron chi connectivity index (χ4n) is 2.41. The minimum Gasteiger partial charge on any atom is -0.504 e. The number of hydrogen-bond donors (Lipinski definition) is 3. The molecule has 0 radical (unpaired) electrons. The van der Waals surface area contributed by atoms with Crippen LogP contribution in [0.2, 0.25) is 0 Å². The highest BCUT2D eigenvalue weighted by molar-refractivity contribution is 6.30. The molecule has 0 atom stereocenters. The number of aromatic hydroxyl groups is 2. The fourth-order valence-corrected chi connectivity index (χ4v) is 2.41. The van der Waals surface area contributed by atoms with Gasteiger partial charge >= 0.3 is 6.03 Å². The van der Waals surface area contributed by atoms with Gasteiger partial charge in [-0.15, -0.1) is 0 Å². The SMILES string of the molecule is O=C1NC(=O)N(Cc2ccc(F)cc2)C(=O)/C1=C\c1ccc(O)c(O)c1. The van der Waals surface area contributed by atoms with Crippen molar-refractivity contribution in [2.75, 3.05) is 0 Å². The van der Waals surface area contributed by atoms with Crippen LogP contribution in [0.5, 0.6) is 11.5 Å². The number of halogens is 1. The number of phenolic OH excluding ortho intramolecular Hbond substituents is 2. The number of nitrogens with one attached hydrogen (secondary N) is 1. The van der Waals surface area contributed by atoms with Crippen molar-refractivity contribution in [1.82, 2.24) is 10.2 Å². The van der Waals surface area contributed by atoms with Gasteiger partial charge in [-0.25, -0.2) is 9.18 Å². The summed E-state index contributed by atoms with van der Waals surface area (Å²) in [4.78, 5) is 37.4. The minimum atomic E-state index is -0.880. The van der Waals surface area contributed by atoms with Crippen molar-refractivity contribution >= 4 is 23.9 Å². The first-order valence-electron chi connectivity index (χ1n) is 7.50. The van der Waals surface area contributed by atoms with Gasteiger partial charge in [-0.1, -0.05) is 18.2 Å². The summed E-state index contributed by atoms with van der Waals surface area (Å²) in [6, 6.07) is 8.13. The Balaban J connectivity index is 1.90. The number of carbonyl (C=O) groups is 3. The molecule has 1 aliphatic heterocycles. The molecule has 132 valence electrons. The maximum absolute atomic E-state index is 13.0. The largest absolute Gasteiger partial charge is 0.504 e. The highest BCUT2D eigenvalue weighted by Crippen LogP contribution is 2.26. The van der Waals surface area contributed by atoms with Crippen LogP contribution >= 0.6 is 0 Å². The Morgan fingerprint density at radius 1 is 1.00 bits per heavy atom. The van der Waals surface area contributed by atoms with E-state index < -0.39 is 29.4 Å². The Labute approximate surface area is 147 Å². The van der Waals surface area contributed by atoms with E-state index in [0.717, 1.165) is 4.90 Å². The molecule has 3 N–H and O–H groups in total. The smallest absolute Gasteiger partial charge is 0.331 e. The maximum atomic E-state index is 13.0. The van der Waals surface area contributed by atoms with Crippen LogP contribution in [0.1, 0.15) is 11.1 Å². The van der Waals surface area contributed by atoms with E-state index in [-0.39, 0.29) is 23.4 Å². The topological polar surface area (TPSA) is 107 Å². The van der Waals surface area contributed by atoms with Crippen molar-refractivity contribution in [3.8, 4) is 11.5 Å². The third kappa shape index (κ3) is 3.39. The van der Waals surface area contributed by atoms with Crippen molar-refractivity contribution in [1.29, 1.82) is 0 Å². The summed E-state index contributed by atoms with van der Waals surface area (Å²) < 4.78 is 13.0. The molecule has 7 nitrogen and oxygen atoms in total. The molecule has 3 rings (SSSR count). The molecule has 0 aromatic heterocycles. The van der Waals surface area contributed by atoms with Crippen LogP contribution in [0.25, 0.3) is 6.08 Å². The zero-order chi connectivity index (χ0) is 18.8. The standard InChI is InChI=1S/C18H13FN2O5/c19-12-4-1-10(2-5-12)9-21-17(25)13(16(24)20-18(21)26)7-11-3-6-14(22)15(23)8-11/h1-8,22-23H,9H2,(H,20,24,26)/b13-7-. The van der Waals surface area contributed by atoms with Gasteiger partial charge in [0.1, 0.15) is 11.4 Å². The number of rotatable bonds is 3. The van der Waals surface area contributed by atoms with Crippen molar-refractivity contribution in [2.45, 2.75) is 6.54 Å². The van der Waals surface area contributed by atoms with Gasteiger partial charge in [-0.2, -0.15) is 0 Å². The highest BCUT2D eigenvalue weighted by Gasteiger charge is 2.35. The third-order valence-corrected chi connectivity index (χ3v) is 3.75. The molecular weight excluding hydrogens is 343 g/mol. The number of imide groups is 2. The monoisotopic (exact) mass is 356 g/mol. The van der Waals surface area contributed by atoms with Gasteiger partial charge in [0.05, 0.1) is 6.54 Å². The summed E-state index contributed by atoms with van der Waals surface area (Å²) in [5.74, 6) is -2.91. The molecule has 2 aromatic rings. The Morgan fingerprint density at radius 2 is 1.69 bits per heavy atom. The third-order valence-electron chi connectivity index (χ3n) is 3.75. The second-order valence-corrected chi connectivity index (χ2v) is 5.58. The number of amides is 4. The van der Waals surface area contributed by atoms with Crippen molar-refractivity contribution in [3.05, 3.63) is 65.0 Å². The first-order chi connectivity index (χ1) is 12.3. The second-order valence-electron chi connectivity index (χ2n) is 5.58. The molecule has 26 heavy (non-hydrogen) atoms. The Kier molecular flexibility index (Phi) is 4.40. The van der Waals surface area contributed by atoms with E-state index in [0.29, 0.717) is 5.56 Å². The van der Waals surface area contributed by atoms with E-state index in [1.807, 2.05) is 0 Å². The Morgan fingerprint density at radius 3 is 2.35 bits per heavy atom. The predicted octanol–water partition coefficient (Wildman–Crippen LogP) is 1.90. The quantitative estimate of drug-likeness (QED) is 0.442. The summed E-state index contributed by atoms with van der Waals surface area (Å²) in [6.45, 7) is -0.142. The molecule has 1 heterocycles. The Bertz CT molecular complexity index is 937.